The number of nitrogens with one attached hydrogen (secondary N) is 2. The van der Waals surface area contributed by atoms with Crippen LogP contribution in [0.1, 0.15) is 41.5 Å². The lowest BCUT2D eigenvalue weighted by Gasteiger charge is -2.27. The highest BCUT2D eigenvalue weighted by Crippen LogP contribution is 2.07. The monoisotopic (exact) mass is 246 g/mol. The number of alkyl carbamates (subject to hydrolysis) is 1. The van der Waals surface area contributed by atoms with Gasteiger partial charge in [-0.1, -0.05) is 0 Å². The van der Waals surface area contributed by atoms with E-state index in [-0.39, 0.29) is 0 Å². The second-order valence-corrected chi connectivity index (χ2v) is 5.81. The number of amides is 1. The molecule has 0 aliphatic rings. The van der Waals surface area contributed by atoms with Crippen molar-refractivity contribution in [2.45, 2.75) is 58.8 Å². The smallest absolute Gasteiger partial charge is 0.409 e. The molecule has 1 atom stereocenters. The molecule has 6 nitrogen and oxygen atoms in total. The number of aliphatic carboxylic acids is 1. The van der Waals surface area contributed by atoms with Gasteiger partial charge in [-0.2, -0.15) is 0 Å². The van der Waals surface area contributed by atoms with Crippen molar-refractivity contribution in [3.8, 4) is 0 Å². The van der Waals surface area contributed by atoms with Crippen LogP contribution in [0.15, 0.2) is 0 Å². The van der Waals surface area contributed by atoms with Crippen LogP contribution in [0.3, 0.4) is 0 Å². The van der Waals surface area contributed by atoms with Gasteiger partial charge in [0, 0.05) is 5.54 Å². The summed E-state index contributed by atoms with van der Waals surface area (Å²) in [6, 6.07) is 0. The zero-order valence-electron chi connectivity index (χ0n) is 11.2. The maximum Gasteiger partial charge on any atom is 0.409 e. The lowest BCUT2D eigenvalue weighted by Crippen LogP contribution is -2.57. The van der Waals surface area contributed by atoms with Gasteiger partial charge in [-0.25, -0.2) is 9.59 Å². The standard InChI is InChI=1S/C11H22N2O4/c1-10(2,3)13-7(8(14)15)12-9(16)17-11(4,5)6/h7,13H,1-6H3,(H,12,16)(H,14,15). The SMILES string of the molecule is CC(C)(C)NC(NC(=O)OC(C)(C)C)C(=O)O. The van der Waals surface area contributed by atoms with Gasteiger partial charge in [-0.3, -0.25) is 10.6 Å². The van der Waals surface area contributed by atoms with Gasteiger partial charge in [0.2, 0.25) is 0 Å². The fourth-order valence-electron chi connectivity index (χ4n) is 1.02. The van der Waals surface area contributed by atoms with E-state index in [4.69, 9.17) is 9.84 Å². The molecule has 17 heavy (non-hydrogen) atoms. The van der Waals surface area contributed by atoms with Crippen molar-refractivity contribution in [1.29, 1.82) is 0 Å². The summed E-state index contributed by atoms with van der Waals surface area (Å²) in [5, 5.41) is 14.0. The molecule has 0 aromatic rings. The van der Waals surface area contributed by atoms with Gasteiger partial charge in [-0.05, 0) is 41.5 Å². The first kappa shape index (κ1) is 15.7. The van der Waals surface area contributed by atoms with Crippen LogP contribution < -0.4 is 10.6 Å². The molecule has 3 N–H and O–H groups in total. The summed E-state index contributed by atoms with van der Waals surface area (Å²) in [5.41, 5.74) is -1.09. The largest absolute Gasteiger partial charge is 0.479 e. The van der Waals surface area contributed by atoms with Gasteiger partial charge >= 0.3 is 12.1 Å². The number of ether oxygens (including phenoxy) is 1. The molecular formula is C11H22N2O4. The minimum Gasteiger partial charge on any atom is -0.479 e. The summed E-state index contributed by atoms with van der Waals surface area (Å²) >= 11 is 0. The number of carboxylic acid groups (broad SMARTS) is 1. The average molecular weight is 246 g/mol. The van der Waals surface area contributed by atoms with Crippen LogP contribution in [0.25, 0.3) is 0 Å². The van der Waals surface area contributed by atoms with E-state index in [0.29, 0.717) is 0 Å². The molecule has 6 heteroatoms. The van der Waals surface area contributed by atoms with Crippen LogP contribution >= 0.6 is 0 Å². The molecule has 1 amide bonds. The minimum atomic E-state index is -1.18. The molecule has 1 unspecified atom stereocenters. The summed E-state index contributed by atoms with van der Waals surface area (Å²) in [5.74, 6) is -1.16. The molecule has 0 rings (SSSR count). The van der Waals surface area contributed by atoms with Crippen LogP contribution in [0.5, 0.6) is 0 Å². The van der Waals surface area contributed by atoms with Gasteiger partial charge in [0.15, 0.2) is 6.17 Å². The lowest BCUT2D eigenvalue weighted by atomic mass is 10.1. The second kappa shape index (κ2) is 5.35. The molecule has 0 spiro atoms. The molecule has 0 fully saturated rings. The Morgan fingerprint density at radius 2 is 1.59 bits per heavy atom. The van der Waals surface area contributed by atoms with E-state index in [2.05, 4.69) is 10.6 Å². The first-order valence-corrected chi connectivity index (χ1v) is 5.41. The van der Waals surface area contributed by atoms with E-state index in [0.717, 1.165) is 0 Å². The van der Waals surface area contributed by atoms with E-state index in [1.807, 2.05) is 0 Å². The third-order valence-corrected chi connectivity index (χ3v) is 1.49. The van der Waals surface area contributed by atoms with Crippen LogP contribution in [-0.2, 0) is 9.53 Å². The summed E-state index contributed by atoms with van der Waals surface area (Å²) in [6.07, 6.45) is -1.94. The maximum absolute atomic E-state index is 11.4. The van der Waals surface area contributed by atoms with Crippen LogP contribution in [0, 0.1) is 0 Å². The number of carbonyl (C=O) groups is 2. The van der Waals surface area contributed by atoms with Crippen molar-refractivity contribution in [3.05, 3.63) is 0 Å². The average Bonchev–Trinajstić information content (AvgIpc) is 1.95. The van der Waals surface area contributed by atoms with Gasteiger partial charge in [0.1, 0.15) is 5.60 Å². The summed E-state index contributed by atoms with van der Waals surface area (Å²) < 4.78 is 4.98. The topological polar surface area (TPSA) is 87.7 Å². The van der Waals surface area contributed by atoms with Crippen molar-refractivity contribution in [3.63, 3.8) is 0 Å². The predicted molar refractivity (Wildman–Crippen MR) is 63.7 cm³/mol. The van der Waals surface area contributed by atoms with Gasteiger partial charge in [0.25, 0.3) is 0 Å². The third-order valence-electron chi connectivity index (χ3n) is 1.49. The normalized spacial score (nSPS) is 14.0. The molecule has 0 aromatic heterocycles. The lowest BCUT2D eigenvalue weighted by molar-refractivity contribution is -0.141. The Labute approximate surface area is 102 Å². The summed E-state index contributed by atoms with van der Waals surface area (Å²) in [6.45, 7) is 10.5. The molecule has 100 valence electrons. The van der Waals surface area contributed by atoms with E-state index in [9.17, 15) is 9.59 Å². The number of hydrogen-bond donors (Lipinski definition) is 3. The summed E-state index contributed by atoms with van der Waals surface area (Å²) in [4.78, 5) is 22.4. The van der Waals surface area contributed by atoms with Crippen molar-refractivity contribution in [2.75, 3.05) is 0 Å². The number of carboxylic acids is 1. The van der Waals surface area contributed by atoms with E-state index < -0.39 is 29.4 Å². The first-order chi connectivity index (χ1) is 7.41. The highest BCUT2D eigenvalue weighted by atomic mass is 16.6. The van der Waals surface area contributed by atoms with Crippen LogP contribution in [0.2, 0.25) is 0 Å². The minimum absolute atomic E-state index is 0.432. The number of rotatable bonds is 3. The van der Waals surface area contributed by atoms with Crippen molar-refractivity contribution < 1.29 is 19.4 Å². The first-order valence-electron chi connectivity index (χ1n) is 5.41. The van der Waals surface area contributed by atoms with Gasteiger partial charge in [0.05, 0.1) is 0 Å². The molecular weight excluding hydrogens is 224 g/mol. The van der Waals surface area contributed by atoms with Crippen molar-refractivity contribution >= 4 is 12.1 Å². The molecule has 0 aromatic carbocycles. The molecule has 0 aliphatic heterocycles. The Morgan fingerprint density at radius 1 is 1.12 bits per heavy atom. The van der Waals surface area contributed by atoms with E-state index >= 15 is 0 Å². The maximum atomic E-state index is 11.4. The Balaban J connectivity index is 4.47. The molecule has 0 radical (unpaired) electrons. The number of carbonyl (C=O) groups excluding carboxylic acids is 1. The van der Waals surface area contributed by atoms with E-state index in [1.54, 1.807) is 41.5 Å². The fourth-order valence-corrected chi connectivity index (χ4v) is 1.02. The van der Waals surface area contributed by atoms with Gasteiger partial charge in [-0.15, -0.1) is 0 Å². The Hall–Kier alpha value is -1.30. The molecule has 0 heterocycles. The van der Waals surface area contributed by atoms with Crippen molar-refractivity contribution in [2.24, 2.45) is 0 Å². The Kier molecular flexibility index (Phi) is 4.94. The Bertz CT molecular complexity index is 289. The molecule has 0 saturated heterocycles. The predicted octanol–water partition coefficient (Wildman–Crippen LogP) is 1.31. The fraction of sp³-hybridized carbons (Fsp3) is 0.818. The van der Waals surface area contributed by atoms with Crippen LogP contribution in [-0.4, -0.2) is 34.5 Å². The highest BCUT2D eigenvalue weighted by molar-refractivity contribution is 5.79. The molecule has 0 bridgehead atoms. The Morgan fingerprint density at radius 3 is 1.88 bits per heavy atom. The van der Waals surface area contributed by atoms with Gasteiger partial charge < -0.3 is 9.84 Å². The zero-order valence-corrected chi connectivity index (χ0v) is 11.2. The van der Waals surface area contributed by atoms with E-state index in [1.165, 1.54) is 0 Å². The highest BCUT2D eigenvalue weighted by Gasteiger charge is 2.27. The zero-order chi connectivity index (χ0) is 13.9. The quantitative estimate of drug-likeness (QED) is 0.653. The molecule has 0 saturated carbocycles. The second-order valence-electron chi connectivity index (χ2n) is 5.81. The number of hydrogen-bond acceptors (Lipinski definition) is 4. The summed E-state index contributed by atoms with van der Waals surface area (Å²) in [7, 11) is 0. The molecule has 0 aliphatic carbocycles. The van der Waals surface area contributed by atoms with Crippen molar-refractivity contribution in [1.82, 2.24) is 10.6 Å². The van der Waals surface area contributed by atoms with Crippen LogP contribution in [0.4, 0.5) is 4.79 Å². The third kappa shape index (κ3) is 8.50.